The predicted octanol–water partition coefficient (Wildman–Crippen LogP) is 3.87. The lowest BCUT2D eigenvalue weighted by Crippen LogP contribution is -2.59. The van der Waals surface area contributed by atoms with E-state index < -0.39 is 5.54 Å². The third kappa shape index (κ3) is 4.73. The molecule has 1 aromatic carbocycles. The van der Waals surface area contributed by atoms with E-state index >= 15 is 0 Å². The lowest BCUT2D eigenvalue weighted by atomic mass is 9.80. The van der Waals surface area contributed by atoms with Gasteiger partial charge in [0.1, 0.15) is 5.54 Å². The quantitative estimate of drug-likeness (QED) is 0.690. The maximum Gasteiger partial charge on any atom is 0.255 e. The molecule has 0 bridgehead atoms. The minimum Gasteiger partial charge on any atom is -0.354 e. The number of amides is 2. The first-order chi connectivity index (χ1) is 13.5. The molecule has 6 nitrogen and oxygen atoms in total. The summed E-state index contributed by atoms with van der Waals surface area (Å²) in [7, 11) is 0. The highest BCUT2D eigenvalue weighted by molar-refractivity contribution is 6.30. The zero-order chi connectivity index (χ0) is 20.0. The molecular weight excluding hydrogens is 376 g/mol. The van der Waals surface area contributed by atoms with E-state index in [4.69, 9.17) is 11.6 Å². The van der Waals surface area contributed by atoms with Crippen LogP contribution in [0.15, 0.2) is 36.7 Å². The van der Waals surface area contributed by atoms with Gasteiger partial charge in [-0.3, -0.25) is 9.59 Å². The Morgan fingerprint density at radius 2 is 2.04 bits per heavy atom. The SMILES string of the molecule is CCCCNC(=O)C1(NC(=O)c2cnn(-c3cccc(Cl)c3)c2)CCCCC1. The highest BCUT2D eigenvalue weighted by Crippen LogP contribution is 2.29. The second kappa shape index (κ2) is 9.24. The first-order valence-corrected chi connectivity index (χ1v) is 10.3. The number of halogens is 1. The van der Waals surface area contributed by atoms with Crippen LogP contribution in [0.5, 0.6) is 0 Å². The molecule has 0 saturated heterocycles. The number of carbonyl (C=O) groups is 2. The van der Waals surface area contributed by atoms with Crippen molar-refractivity contribution in [1.82, 2.24) is 20.4 Å². The zero-order valence-corrected chi connectivity index (χ0v) is 17.0. The molecule has 0 radical (unpaired) electrons. The van der Waals surface area contributed by atoms with Crippen molar-refractivity contribution in [2.75, 3.05) is 6.54 Å². The first kappa shape index (κ1) is 20.4. The van der Waals surface area contributed by atoms with E-state index in [9.17, 15) is 9.59 Å². The zero-order valence-electron chi connectivity index (χ0n) is 16.2. The highest BCUT2D eigenvalue weighted by Gasteiger charge is 2.40. The third-order valence-corrected chi connectivity index (χ3v) is 5.46. The summed E-state index contributed by atoms with van der Waals surface area (Å²) in [5, 5.41) is 10.9. The summed E-state index contributed by atoms with van der Waals surface area (Å²) >= 11 is 6.03. The molecule has 28 heavy (non-hydrogen) atoms. The fraction of sp³-hybridized carbons (Fsp3) is 0.476. The lowest BCUT2D eigenvalue weighted by Gasteiger charge is -2.36. The molecule has 1 aliphatic carbocycles. The summed E-state index contributed by atoms with van der Waals surface area (Å²) in [6, 6.07) is 7.26. The second-order valence-electron chi connectivity index (χ2n) is 7.36. The Hall–Kier alpha value is -2.34. The summed E-state index contributed by atoms with van der Waals surface area (Å²) in [6.45, 7) is 2.72. The summed E-state index contributed by atoms with van der Waals surface area (Å²) in [5.74, 6) is -0.350. The van der Waals surface area contributed by atoms with Crippen LogP contribution in [0.3, 0.4) is 0 Å². The summed E-state index contributed by atoms with van der Waals surface area (Å²) in [5.41, 5.74) is 0.365. The molecule has 1 fully saturated rings. The number of nitrogens with zero attached hydrogens (tertiary/aromatic N) is 2. The van der Waals surface area contributed by atoms with Crippen molar-refractivity contribution in [3.63, 3.8) is 0 Å². The molecule has 150 valence electrons. The topological polar surface area (TPSA) is 76.0 Å². The van der Waals surface area contributed by atoms with Crippen LogP contribution in [0.25, 0.3) is 5.69 Å². The van der Waals surface area contributed by atoms with E-state index in [-0.39, 0.29) is 11.8 Å². The van der Waals surface area contributed by atoms with Gasteiger partial charge in [0.05, 0.1) is 17.4 Å². The van der Waals surface area contributed by atoms with E-state index in [0.29, 0.717) is 30.0 Å². The van der Waals surface area contributed by atoms with Crippen molar-refractivity contribution in [1.29, 1.82) is 0 Å². The van der Waals surface area contributed by atoms with Gasteiger partial charge in [0.15, 0.2) is 0 Å². The molecule has 0 aliphatic heterocycles. The first-order valence-electron chi connectivity index (χ1n) is 9.95. The van der Waals surface area contributed by atoms with Gasteiger partial charge in [-0.25, -0.2) is 4.68 Å². The minimum absolute atomic E-state index is 0.0729. The maximum absolute atomic E-state index is 12.9. The van der Waals surface area contributed by atoms with E-state index in [0.717, 1.165) is 37.8 Å². The number of aromatic nitrogens is 2. The average Bonchev–Trinajstić information content (AvgIpc) is 3.19. The van der Waals surface area contributed by atoms with E-state index in [1.807, 2.05) is 12.1 Å². The Bertz CT molecular complexity index is 827. The maximum atomic E-state index is 12.9. The van der Waals surface area contributed by atoms with Crippen molar-refractivity contribution in [2.45, 2.75) is 57.4 Å². The van der Waals surface area contributed by atoms with Crippen molar-refractivity contribution in [3.05, 3.63) is 47.2 Å². The van der Waals surface area contributed by atoms with Crippen LogP contribution in [0, 0.1) is 0 Å². The molecule has 1 aromatic heterocycles. The number of nitrogens with one attached hydrogen (secondary N) is 2. The highest BCUT2D eigenvalue weighted by atomic mass is 35.5. The average molecular weight is 403 g/mol. The van der Waals surface area contributed by atoms with Gasteiger partial charge in [0, 0.05) is 17.8 Å². The monoisotopic (exact) mass is 402 g/mol. The molecule has 0 atom stereocenters. The summed E-state index contributed by atoms with van der Waals surface area (Å²) in [4.78, 5) is 25.8. The van der Waals surface area contributed by atoms with Crippen LogP contribution in [0.4, 0.5) is 0 Å². The number of hydrogen-bond acceptors (Lipinski definition) is 3. The number of carbonyl (C=O) groups excluding carboxylic acids is 2. The number of benzene rings is 1. The van der Waals surface area contributed by atoms with Gasteiger partial charge in [-0.05, 0) is 37.5 Å². The van der Waals surface area contributed by atoms with Crippen LogP contribution in [-0.2, 0) is 4.79 Å². The Morgan fingerprint density at radius 1 is 1.25 bits per heavy atom. The van der Waals surface area contributed by atoms with Crippen molar-refractivity contribution < 1.29 is 9.59 Å². The van der Waals surface area contributed by atoms with Crippen molar-refractivity contribution in [3.8, 4) is 5.69 Å². The van der Waals surface area contributed by atoms with Gasteiger partial charge in [0.2, 0.25) is 5.91 Å². The molecule has 2 amide bonds. The Balaban J connectivity index is 1.74. The Kier molecular flexibility index (Phi) is 6.73. The molecule has 3 rings (SSSR count). The van der Waals surface area contributed by atoms with Crippen LogP contribution >= 0.6 is 11.6 Å². The molecule has 1 heterocycles. The summed E-state index contributed by atoms with van der Waals surface area (Å²) < 4.78 is 1.61. The largest absolute Gasteiger partial charge is 0.354 e. The van der Waals surface area contributed by atoms with Crippen LogP contribution < -0.4 is 10.6 Å². The molecule has 7 heteroatoms. The fourth-order valence-electron chi connectivity index (χ4n) is 3.60. The molecule has 1 saturated carbocycles. The number of rotatable bonds is 7. The van der Waals surface area contributed by atoms with E-state index in [1.165, 1.54) is 6.20 Å². The predicted molar refractivity (Wildman–Crippen MR) is 110 cm³/mol. The molecule has 2 aromatic rings. The lowest BCUT2D eigenvalue weighted by molar-refractivity contribution is -0.128. The van der Waals surface area contributed by atoms with Gasteiger partial charge < -0.3 is 10.6 Å². The van der Waals surface area contributed by atoms with Crippen LogP contribution in [-0.4, -0.2) is 33.7 Å². The van der Waals surface area contributed by atoms with Gasteiger partial charge in [-0.15, -0.1) is 0 Å². The molecular formula is C21H27ClN4O2. The Labute approximate surface area is 170 Å². The standard InChI is InChI=1S/C21H27ClN4O2/c1-2-3-12-23-20(28)21(10-5-4-6-11-21)25-19(27)16-14-24-26(15-16)18-9-7-8-17(22)13-18/h7-9,13-15H,2-6,10-12H2,1H3,(H,23,28)(H,25,27). The van der Waals surface area contributed by atoms with Gasteiger partial charge >= 0.3 is 0 Å². The van der Waals surface area contributed by atoms with Crippen LogP contribution in [0.1, 0.15) is 62.2 Å². The van der Waals surface area contributed by atoms with Gasteiger partial charge in [0.25, 0.3) is 5.91 Å². The molecule has 0 spiro atoms. The normalized spacial score (nSPS) is 15.8. The Morgan fingerprint density at radius 3 is 2.75 bits per heavy atom. The van der Waals surface area contributed by atoms with Gasteiger partial charge in [-0.2, -0.15) is 5.10 Å². The molecule has 2 N–H and O–H groups in total. The number of hydrogen-bond donors (Lipinski definition) is 2. The second-order valence-corrected chi connectivity index (χ2v) is 7.80. The van der Waals surface area contributed by atoms with E-state index in [1.54, 1.807) is 23.0 Å². The van der Waals surface area contributed by atoms with Crippen LogP contribution in [0.2, 0.25) is 5.02 Å². The molecule has 1 aliphatic rings. The van der Waals surface area contributed by atoms with Gasteiger partial charge in [-0.1, -0.05) is 50.3 Å². The number of unbranched alkanes of at least 4 members (excludes halogenated alkanes) is 1. The minimum atomic E-state index is -0.832. The summed E-state index contributed by atoms with van der Waals surface area (Å²) in [6.07, 6.45) is 9.41. The smallest absolute Gasteiger partial charge is 0.255 e. The fourth-order valence-corrected chi connectivity index (χ4v) is 3.79. The van der Waals surface area contributed by atoms with E-state index in [2.05, 4.69) is 22.7 Å². The third-order valence-electron chi connectivity index (χ3n) is 5.23. The van der Waals surface area contributed by atoms with Crippen molar-refractivity contribution >= 4 is 23.4 Å². The van der Waals surface area contributed by atoms with Crippen molar-refractivity contribution in [2.24, 2.45) is 0 Å². The molecule has 0 unspecified atom stereocenters.